The minimum Gasteiger partial charge on any atom is -0.484 e. The second-order valence-corrected chi connectivity index (χ2v) is 8.28. The number of hydrogen-bond donors (Lipinski definition) is 0. The first kappa shape index (κ1) is 18.2. The molecule has 0 radical (unpaired) electrons. The largest absolute Gasteiger partial charge is 0.484 e. The molecule has 25 heavy (non-hydrogen) atoms. The monoisotopic (exact) mass is 367 g/mol. The number of carbonyl (C=O) groups excluding carboxylic acids is 1. The van der Waals surface area contributed by atoms with Gasteiger partial charge in [-0.3, -0.25) is 4.79 Å². The lowest BCUT2D eigenvalue weighted by Crippen LogP contribution is -2.44. The topological polar surface area (TPSA) is 70.2 Å². The van der Waals surface area contributed by atoms with Gasteiger partial charge >= 0.3 is 0 Å². The summed E-state index contributed by atoms with van der Waals surface area (Å²) in [4.78, 5) is 14.1. The Balaban J connectivity index is 1.53. The van der Waals surface area contributed by atoms with Crippen LogP contribution < -0.4 is 4.74 Å². The maximum atomic E-state index is 12.7. The zero-order valence-electron chi connectivity index (χ0n) is 14.3. The maximum Gasteiger partial charge on any atom is 0.282 e. The van der Waals surface area contributed by atoms with Crippen LogP contribution in [0.3, 0.4) is 0 Å². The van der Waals surface area contributed by atoms with E-state index in [1.54, 1.807) is 21.3 Å². The van der Waals surface area contributed by atoms with Gasteiger partial charge in [0.1, 0.15) is 5.75 Å². The summed E-state index contributed by atoms with van der Waals surface area (Å²) < 4.78 is 33.9. The van der Waals surface area contributed by atoms with E-state index in [-0.39, 0.29) is 12.5 Å². The molecule has 0 atom stereocenters. The van der Waals surface area contributed by atoms with Gasteiger partial charge in [-0.15, -0.1) is 0 Å². The molecular weight excluding hydrogens is 342 g/mol. The van der Waals surface area contributed by atoms with Crippen LogP contribution in [-0.4, -0.2) is 73.7 Å². The summed E-state index contributed by atoms with van der Waals surface area (Å²) in [5.41, 5.74) is 0. The number of nitrogens with zero attached hydrogens (tertiary/aromatic N) is 3. The quantitative estimate of drug-likeness (QED) is 0.777. The number of carbonyl (C=O) groups is 1. The van der Waals surface area contributed by atoms with Gasteiger partial charge in [0.25, 0.3) is 16.1 Å². The molecule has 3 rings (SSSR count). The van der Waals surface area contributed by atoms with Crippen LogP contribution in [0, 0.1) is 0 Å². The van der Waals surface area contributed by atoms with Crippen LogP contribution in [0.1, 0.15) is 19.3 Å². The third-order valence-electron chi connectivity index (χ3n) is 4.63. The Morgan fingerprint density at radius 3 is 2.24 bits per heavy atom. The maximum absolute atomic E-state index is 12.7. The predicted molar refractivity (Wildman–Crippen MR) is 94.4 cm³/mol. The van der Waals surface area contributed by atoms with Crippen LogP contribution in [0.2, 0.25) is 0 Å². The normalized spacial score (nSPS) is 20.4. The first-order valence-electron chi connectivity index (χ1n) is 8.78. The van der Waals surface area contributed by atoms with Gasteiger partial charge in [-0.1, -0.05) is 18.2 Å². The van der Waals surface area contributed by atoms with E-state index in [9.17, 15) is 13.2 Å². The molecule has 0 aromatic heterocycles. The Kier molecular flexibility index (Phi) is 5.93. The van der Waals surface area contributed by atoms with Crippen LogP contribution in [0.15, 0.2) is 30.3 Å². The highest BCUT2D eigenvalue weighted by molar-refractivity contribution is 7.86. The van der Waals surface area contributed by atoms with Crippen molar-refractivity contribution in [3.8, 4) is 5.75 Å². The highest BCUT2D eigenvalue weighted by Crippen LogP contribution is 2.18. The highest BCUT2D eigenvalue weighted by atomic mass is 32.2. The molecule has 0 N–H and O–H groups in total. The van der Waals surface area contributed by atoms with E-state index in [0.717, 1.165) is 12.8 Å². The molecule has 2 aliphatic rings. The fourth-order valence-corrected chi connectivity index (χ4v) is 4.93. The van der Waals surface area contributed by atoms with Crippen molar-refractivity contribution in [2.24, 2.45) is 0 Å². The van der Waals surface area contributed by atoms with E-state index in [2.05, 4.69) is 0 Å². The van der Waals surface area contributed by atoms with Crippen molar-refractivity contribution in [1.82, 2.24) is 13.5 Å². The zero-order valence-corrected chi connectivity index (χ0v) is 15.2. The van der Waals surface area contributed by atoms with Gasteiger partial charge in [-0.25, -0.2) is 0 Å². The second-order valence-electron chi connectivity index (χ2n) is 6.35. The van der Waals surface area contributed by atoms with Crippen molar-refractivity contribution in [3.05, 3.63) is 30.3 Å². The lowest BCUT2D eigenvalue weighted by Gasteiger charge is -2.26. The van der Waals surface area contributed by atoms with Crippen molar-refractivity contribution in [3.63, 3.8) is 0 Å². The summed E-state index contributed by atoms with van der Waals surface area (Å²) in [5.74, 6) is 0.549. The van der Waals surface area contributed by atoms with E-state index in [4.69, 9.17) is 4.74 Å². The molecule has 0 spiro atoms. The molecule has 1 aromatic rings. The number of benzene rings is 1. The summed E-state index contributed by atoms with van der Waals surface area (Å²) in [6, 6.07) is 9.21. The Morgan fingerprint density at radius 2 is 1.52 bits per heavy atom. The number of rotatable bonds is 5. The average Bonchev–Trinajstić information content (AvgIpc) is 3.06. The summed E-state index contributed by atoms with van der Waals surface area (Å²) >= 11 is 0. The first-order chi connectivity index (χ1) is 12.1. The van der Waals surface area contributed by atoms with Crippen molar-refractivity contribution in [2.45, 2.75) is 19.3 Å². The smallest absolute Gasteiger partial charge is 0.282 e. The number of ether oxygens (including phenoxy) is 1. The SMILES string of the molecule is O=C(COc1ccccc1)N1CCCN(S(=O)(=O)N2CCCC2)CC1. The minimum absolute atomic E-state index is 0.0249. The average molecular weight is 367 g/mol. The summed E-state index contributed by atoms with van der Waals surface area (Å²) in [7, 11) is -3.39. The zero-order chi connectivity index (χ0) is 17.7. The Labute approximate surface area is 149 Å². The molecule has 0 saturated carbocycles. The van der Waals surface area contributed by atoms with Gasteiger partial charge in [0.05, 0.1) is 0 Å². The van der Waals surface area contributed by atoms with Gasteiger partial charge in [0.15, 0.2) is 6.61 Å². The molecular formula is C17H25N3O4S. The Bertz CT molecular complexity index is 674. The molecule has 2 saturated heterocycles. The Hall–Kier alpha value is -1.64. The van der Waals surface area contributed by atoms with Crippen LogP contribution in [0.5, 0.6) is 5.75 Å². The summed E-state index contributed by atoms with van der Waals surface area (Å²) in [6.07, 6.45) is 2.49. The summed E-state index contributed by atoms with van der Waals surface area (Å²) in [5, 5.41) is 0. The van der Waals surface area contributed by atoms with Crippen molar-refractivity contribution in [2.75, 3.05) is 45.9 Å². The minimum atomic E-state index is -3.39. The molecule has 2 heterocycles. The van der Waals surface area contributed by atoms with Crippen molar-refractivity contribution < 1.29 is 17.9 Å². The molecule has 0 bridgehead atoms. The molecule has 0 aliphatic carbocycles. The standard InChI is InChI=1S/C17H25N3O4S/c21-17(15-24-16-7-2-1-3-8-16)18-9-6-12-20(14-13-18)25(22,23)19-10-4-5-11-19/h1-3,7-8H,4-6,9-15H2. The molecule has 138 valence electrons. The number of para-hydroxylation sites is 1. The molecule has 0 unspecified atom stereocenters. The van der Waals surface area contributed by atoms with Crippen molar-refractivity contribution in [1.29, 1.82) is 0 Å². The van der Waals surface area contributed by atoms with Gasteiger partial charge in [0.2, 0.25) is 0 Å². The Morgan fingerprint density at radius 1 is 0.880 bits per heavy atom. The molecule has 1 aromatic carbocycles. The van der Waals surface area contributed by atoms with Gasteiger partial charge in [-0.2, -0.15) is 17.0 Å². The van der Waals surface area contributed by atoms with E-state index >= 15 is 0 Å². The lowest BCUT2D eigenvalue weighted by atomic mass is 10.3. The van der Waals surface area contributed by atoms with E-state index < -0.39 is 10.2 Å². The number of amides is 1. The lowest BCUT2D eigenvalue weighted by molar-refractivity contribution is -0.133. The van der Waals surface area contributed by atoms with Crippen LogP contribution in [0.25, 0.3) is 0 Å². The van der Waals surface area contributed by atoms with Crippen LogP contribution in [0.4, 0.5) is 0 Å². The molecule has 7 nitrogen and oxygen atoms in total. The molecule has 8 heteroatoms. The third-order valence-corrected chi connectivity index (χ3v) is 6.67. The molecule has 1 amide bonds. The van der Waals surface area contributed by atoms with Gasteiger partial charge in [-0.05, 0) is 31.4 Å². The first-order valence-corrected chi connectivity index (χ1v) is 10.2. The van der Waals surface area contributed by atoms with Gasteiger partial charge < -0.3 is 9.64 Å². The van der Waals surface area contributed by atoms with Gasteiger partial charge in [0, 0.05) is 39.3 Å². The third kappa shape index (κ3) is 4.50. The molecule has 2 fully saturated rings. The molecule has 2 aliphatic heterocycles. The summed E-state index contributed by atoms with van der Waals surface area (Å²) in [6.45, 7) is 2.95. The van der Waals surface area contributed by atoms with Crippen LogP contribution in [-0.2, 0) is 15.0 Å². The van der Waals surface area contributed by atoms with Crippen molar-refractivity contribution >= 4 is 16.1 Å². The van der Waals surface area contributed by atoms with E-state index in [1.807, 2.05) is 18.2 Å². The fourth-order valence-electron chi connectivity index (χ4n) is 3.21. The fraction of sp³-hybridized carbons (Fsp3) is 0.588. The van der Waals surface area contributed by atoms with Crippen LogP contribution >= 0.6 is 0 Å². The predicted octanol–water partition coefficient (Wildman–Crippen LogP) is 0.940. The second kappa shape index (κ2) is 8.16. The van der Waals surface area contributed by atoms with E-state index in [0.29, 0.717) is 51.4 Å². The highest BCUT2D eigenvalue weighted by Gasteiger charge is 2.33. The van der Waals surface area contributed by atoms with E-state index in [1.165, 1.54) is 4.31 Å². The number of hydrogen-bond acceptors (Lipinski definition) is 4.